The average molecular weight is 346 g/mol. The Labute approximate surface area is 154 Å². The molecule has 0 bridgehead atoms. The maximum absolute atomic E-state index is 5.07. The number of hydrogen-bond donors (Lipinski definition) is 1. The number of nitrogens with one attached hydrogen (secondary N) is 1. The lowest BCUT2D eigenvalue weighted by Crippen LogP contribution is -2.25. The van der Waals surface area contributed by atoms with Crippen LogP contribution in [0.1, 0.15) is 55.5 Å². The second-order valence-electron chi connectivity index (χ2n) is 7.78. The van der Waals surface area contributed by atoms with Crippen LogP contribution in [-0.2, 0) is 12.8 Å². The number of fused-ring (bicyclic) bond motifs is 2. The van der Waals surface area contributed by atoms with Crippen molar-refractivity contribution in [2.75, 3.05) is 5.32 Å². The Hall–Kier alpha value is -2.36. The minimum absolute atomic E-state index is 0.573. The van der Waals surface area contributed by atoms with Gasteiger partial charge in [0.15, 0.2) is 5.65 Å². The zero-order valence-electron chi connectivity index (χ0n) is 15.5. The first-order chi connectivity index (χ1) is 12.8. The highest BCUT2D eigenvalue weighted by Gasteiger charge is 2.25. The molecule has 0 aliphatic heterocycles. The number of nitrogens with zero attached hydrogens (tertiary/aromatic N) is 3. The number of benzene rings is 1. The summed E-state index contributed by atoms with van der Waals surface area (Å²) >= 11 is 0. The summed E-state index contributed by atoms with van der Waals surface area (Å²) in [6, 6.07) is 11.1. The predicted molar refractivity (Wildman–Crippen MR) is 106 cm³/mol. The molecule has 1 aromatic carbocycles. The molecule has 3 aromatic rings. The zero-order valence-corrected chi connectivity index (χ0v) is 15.5. The van der Waals surface area contributed by atoms with Gasteiger partial charge in [-0.3, -0.25) is 0 Å². The van der Waals surface area contributed by atoms with Crippen LogP contribution in [0.15, 0.2) is 30.3 Å². The van der Waals surface area contributed by atoms with Gasteiger partial charge in [-0.05, 0) is 44.6 Å². The van der Waals surface area contributed by atoms with E-state index in [1.165, 1.54) is 66.7 Å². The third-order valence-corrected chi connectivity index (χ3v) is 5.97. The summed E-state index contributed by atoms with van der Waals surface area (Å²) in [5.41, 5.74) is 7.10. The molecule has 2 heterocycles. The maximum Gasteiger partial charge on any atom is 0.165 e. The lowest BCUT2D eigenvalue weighted by molar-refractivity contribution is 0.460. The molecule has 1 N–H and O–H groups in total. The van der Waals surface area contributed by atoms with Crippen LogP contribution in [0.25, 0.3) is 16.8 Å². The van der Waals surface area contributed by atoms with Gasteiger partial charge < -0.3 is 5.32 Å². The minimum Gasteiger partial charge on any atom is -0.367 e. The maximum atomic E-state index is 5.07. The largest absolute Gasteiger partial charge is 0.367 e. The van der Waals surface area contributed by atoms with E-state index < -0.39 is 0 Å². The van der Waals surface area contributed by atoms with Crippen LogP contribution >= 0.6 is 0 Å². The summed E-state index contributed by atoms with van der Waals surface area (Å²) < 4.78 is 2.09. The highest BCUT2D eigenvalue weighted by Crippen LogP contribution is 2.35. The normalized spacial score (nSPS) is 17.6. The summed E-state index contributed by atoms with van der Waals surface area (Å²) in [4.78, 5) is 5.07. The lowest BCUT2D eigenvalue weighted by atomic mass is 9.95. The van der Waals surface area contributed by atoms with Gasteiger partial charge in [0.2, 0.25) is 0 Å². The van der Waals surface area contributed by atoms with Gasteiger partial charge in [-0.25, -0.2) is 4.98 Å². The second kappa shape index (κ2) is 6.42. The van der Waals surface area contributed by atoms with E-state index >= 15 is 0 Å². The van der Waals surface area contributed by atoms with Crippen molar-refractivity contribution in [2.45, 2.75) is 64.3 Å². The quantitative estimate of drug-likeness (QED) is 0.730. The molecule has 5 rings (SSSR count). The molecule has 4 nitrogen and oxygen atoms in total. The van der Waals surface area contributed by atoms with E-state index in [0.29, 0.717) is 6.04 Å². The van der Waals surface area contributed by atoms with Gasteiger partial charge in [-0.1, -0.05) is 49.6 Å². The highest BCUT2D eigenvalue weighted by atomic mass is 15.3. The predicted octanol–water partition coefficient (Wildman–Crippen LogP) is 4.94. The van der Waals surface area contributed by atoms with E-state index in [-0.39, 0.29) is 0 Å². The molecule has 2 aliphatic rings. The van der Waals surface area contributed by atoms with Crippen molar-refractivity contribution in [3.8, 4) is 11.1 Å². The SMILES string of the molecule is Cc1nn2c(NC3CCCCC3)c3c(nc2c1-c1ccccc1)CCC3. The molecule has 0 amide bonds. The number of anilines is 1. The Morgan fingerprint density at radius 3 is 2.62 bits per heavy atom. The van der Waals surface area contributed by atoms with Crippen molar-refractivity contribution < 1.29 is 0 Å². The van der Waals surface area contributed by atoms with E-state index in [4.69, 9.17) is 10.1 Å². The number of aromatic nitrogens is 3. The molecule has 2 aliphatic carbocycles. The Kier molecular flexibility index (Phi) is 3.92. The molecule has 0 spiro atoms. The van der Waals surface area contributed by atoms with Gasteiger partial charge in [0.1, 0.15) is 5.82 Å². The zero-order chi connectivity index (χ0) is 17.5. The molecule has 1 fully saturated rings. The Morgan fingerprint density at radius 1 is 1.00 bits per heavy atom. The van der Waals surface area contributed by atoms with Crippen molar-refractivity contribution in [2.24, 2.45) is 0 Å². The number of rotatable bonds is 3. The summed E-state index contributed by atoms with van der Waals surface area (Å²) in [6.45, 7) is 2.10. The Morgan fingerprint density at radius 2 is 1.81 bits per heavy atom. The van der Waals surface area contributed by atoms with Crippen LogP contribution in [0.3, 0.4) is 0 Å². The van der Waals surface area contributed by atoms with E-state index in [1.807, 2.05) is 0 Å². The molecular weight excluding hydrogens is 320 g/mol. The van der Waals surface area contributed by atoms with Crippen LogP contribution in [0.5, 0.6) is 0 Å². The van der Waals surface area contributed by atoms with Gasteiger partial charge in [0.25, 0.3) is 0 Å². The van der Waals surface area contributed by atoms with Crippen molar-refractivity contribution in [1.29, 1.82) is 0 Å². The smallest absolute Gasteiger partial charge is 0.165 e. The Balaban J connectivity index is 1.68. The Bertz CT molecular complexity index is 936. The number of aryl methyl sites for hydroxylation is 2. The van der Waals surface area contributed by atoms with E-state index in [2.05, 4.69) is 47.1 Å². The summed E-state index contributed by atoms with van der Waals surface area (Å²) in [7, 11) is 0. The molecule has 0 saturated heterocycles. The fraction of sp³-hybridized carbons (Fsp3) is 0.455. The molecule has 26 heavy (non-hydrogen) atoms. The fourth-order valence-electron chi connectivity index (χ4n) is 4.67. The first-order valence-corrected chi connectivity index (χ1v) is 10.0. The summed E-state index contributed by atoms with van der Waals surface area (Å²) in [5.74, 6) is 1.21. The van der Waals surface area contributed by atoms with E-state index in [0.717, 1.165) is 24.2 Å². The molecule has 1 saturated carbocycles. The van der Waals surface area contributed by atoms with Gasteiger partial charge in [0.05, 0.1) is 5.69 Å². The average Bonchev–Trinajstić information content (AvgIpc) is 3.27. The molecule has 2 aromatic heterocycles. The van der Waals surface area contributed by atoms with Gasteiger partial charge in [0, 0.05) is 22.9 Å². The van der Waals surface area contributed by atoms with Gasteiger partial charge >= 0.3 is 0 Å². The van der Waals surface area contributed by atoms with Crippen LogP contribution in [0.2, 0.25) is 0 Å². The summed E-state index contributed by atoms with van der Waals surface area (Å²) in [6.07, 6.45) is 9.99. The molecule has 0 atom stereocenters. The molecule has 0 radical (unpaired) electrons. The van der Waals surface area contributed by atoms with Crippen LogP contribution < -0.4 is 5.32 Å². The first-order valence-electron chi connectivity index (χ1n) is 10.0. The van der Waals surface area contributed by atoms with Gasteiger partial charge in [-0.2, -0.15) is 9.61 Å². The fourth-order valence-corrected chi connectivity index (χ4v) is 4.67. The standard InChI is InChI=1S/C22H26N4/c1-15-20(16-9-4-2-5-10-16)22-24-19-14-8-13-18(19)21(26(22)25-15)23-17-11-6-3-7-12-17/h2,4-5,9-10,17,23H,3,6-8,11-14H2,1H3. The summed E-state index contributed by atoms with van der Waals surface area (Å²) in [5, 5.41) is 8.80. The van der Waals surface area contributed by atoms with E-state index in [1.54, 1.807) is 0 Å². The van der Waals surface area contributed by atoms with E-state index in [9.17, 15) is 0 Å². The van der Waals surface area contributed by atoms with Crippen LogP contribution in [0, 0.1) is 6.92 Å². The van der Waals surface area contributed by atoms with Crippen LogP contribution in [-0.4, -0.2) is 20.6 Å². The van der Waals surface area contributed by atoms with Crippen molar-refractivity contribution in [1.82, 2.24) is 14.6 Å². The highest BCUT2D eigenvalue weighted by molar-refractivity contribution is 5.81. The molecule has 4 heteroatoms. The topological polar surface area (TPSA) is 42.2 Å². The molecule has 0 unspecified atom stereocenters. The lowest BCUT2D eigenvalue weighted by Gasteiger charge is -2.25. The van der Waals surface area contributed by atoms with Gasteiger partial charge in [-0.15, -0.1) is 0 Å². The second-order valence-corrected chi connectivity index (χ2v) is 7.78. The van der Waals surface area contributed by atoms with Crippen molar-refractivity contribution in [3.63, 3.8) is 0 Å². The third-order valence-electron chi connectivity index (χ3n) is 5.97. The molecule has 134 valence electrons. The van der Waals surface area contributed by atoms with Crippen molar-refractivity contribution in [3.05, 3.63) is 47.3 Å². The first kappa shape index (κ1) is 15.9. The minimum atomic E-state index is 0.573. The monoisotopic (exact) mass is 346 g/mol. The number of hydrogen-bond acceptors (Lipinski definition) is 3. The molecular formula is C22H26N4. The van der Waals surface area contributed by atoms with Crippen molar-refractivity contribution >= 4 is 11.5 Å². The van der Waals surface area contributed by atoms with Crippen LogP contribution in [0.4, 0.5) is 5.82 Å². The third kappa shape index (κ3) is 2.59.